The minimum atomic E-state index is -0.785. The highest BCUT2D eigenvalue weighted by Crippen LogP contribution is 2.33. The molecule has 3 aromatic carbocycles. The molecule has 0 aliphatic heterocycles. The van der Waals surface area contributed by atoms with E-state index in [1.807, 2.05) is 47.4 Å². The van der Waals surface area contributed by atoms with Gasteiger partial charge in [-0.1, -0.05) is 30.3 Å². The molecule has 0 fully saturated rings. The lowest BCUT2D eigenvalue weighted by atomic mass is 10.0. The average Bonchev–Trinajstić information content (AvgIpc) is 2.78. The molecule has 0 bridgehead atoms. The number of methoxy groups -OCH3 is 2. The molecule has 7 nitrogen and oxygen atoms in total. The normalized spacial score (nSPS) is 11.4. The van der Waals surface area contributed by atoms with Crippen LogP contribution in [0.1, 0.15) is 22.7 Å². The highest BCUT2D eigenvalue weighted by Gasteiger charge is 2.28. The Hall–Kier alpha value is -4.00. The monoisotopic (exact) mass is 418 g/mol. The van der Waals surface area contributed by atoms with Crippen LogP contribution in [0.15, 0.2) is 72.8 Å². The van der Waals surface area contributed by atoms with Crippen LogP contribution in [-0.2, 0) is 11.3 Å². The summed E-state index contributed by atoms with van der Waals surface area (Å²) in [7, 11) is 3.11. The van der Waals surface area contributed by atoms with Crippen molar-refractivity contribution in [2.75, 3.05) is 19.1 Å². The first-order valence-corrected chi connectivity index (χ1v) is 9.70. The first-order valence-electron chi connectivity index (χ1n) is 9.70. The van der Waals surface area contributed by atoms with E-state index in [1.165, 1.54) is 0 Å². The van der Waals surface area contributed by atoms with Gasteiger partial charge in [-0.05, 0) is 47.5 Å². The van der Waals surface area contributed by atoms with Crippen molar-refractivity contribution >= 4 is 17.4 Å². The highest BCUT2D eigenvalue weighted by molar-refractivity contribution is 5.95. The van der Waals surface area contributed by atoms with Gasteiger partial charge < -0.3 is 25.8 Å². The predicted molar refractivity (Wildman–Crippen MR) is 122 cm³/mol. The summed E-state index contributed by atoms with van der Waals surface area (Å²) in [5.74, 6) is 0.589. The van der Waals surface area contributed by atoms with Gasteiger partial charge in [0.05, 0.1) is 14.2 Å². The van der Waals surface area contributed by atoms with Crippen molar-refractivity contribution in [3.8, 4) is 11.5 Å². The quantitative estimate of drug-likeness (QED) is 0.365. The average molecular weight is 418 g/mol. The van der Waals surface area contributed by atoms with Gasteiger partial charge in [-0.15, -0.1) is 0 Å². The minimum Gasteiger partial charge on any atom is -0.497 e. The molecule has 0 radical (unpaired) electrons. The van der Waals surface area contributed by atoms with Gasteiger partial charge in [-0.25, -0.2) is 0 Å². The third kappa shape index (κ3) is 5.14. The number of nitrogen functional groups attached to an aromatic ring is 1. The van der Waals surface area contributed by atoms with E-state index >= 15 is 0 Å². The highest BCUT2D eigenvalue weighted by atomic mass is 16.5. The molecule has 3 aromatic rings. The van der Waals surface area contributed by atoms with Crippen LogP contribution in [-0.4, -0.2) is 26.0 Å². The second-order valence-corrected chi connectivity index (χ2v) is 7.02. The van der Waals surface area contributed by atoms with Gasteiger partial charge in [0.1, 0.15) is 23.4 Å². The molecule has 0 aliphatic carbocycles. The molecule has 0 heterocycles. The van der Waals surface area contributed by atoms with E-state index in [4.69, 9.17) is 26.4 Å². The van der Waals surface area contributed by atoms with Crippen molar-refractivity contribution in [3.05, 3.63) is 89.5 Å². The Morgan fingerprint density at radius 3 is 2.00 bits per heavy atom. The number of anilines is 1. The molecule has 5 N–H and O–H groups in total. The molecular weight excluding hydrogens is 392 g/mol. The van der Waals surface area contributed by atoms with Crippen LogP contribution in [0.5, 0.6) is 11.5 Å². The molecule has 0 saturated carbocycles. The van der Waals surface area contributed by atoms with E-state index < -0.39 is 11.9 Å². The zero-order chi connectivity index (χ0) is 22.4. The van der Waals surface area contributed by atoms with E-state index in [2.05, 4.69) is 0 Å². The molecule has 3 rings (SSSR count). The number of benzene rings is 3. The van der Waals surface area contributed by atoms with Crippen LogP contribution in [0.4, 0.5) is 5.69 Å². The van der Waals surface area contributed by atoms with Crippen LogP contribution < -0.4 is 25.8 Å². The van der Waals surface area contributed by atoms with E-state index in [-0.39, 0.29) is 5.84 Å². The van der Waals surface area contributed by atoms with Gasteiger partial charge >= 0.3 is 0 Å². The fourth-order valence-electron chi connectivity index (χ4n) is 3.43. The second-order valence-electron chi connectivity index (χ2n) is 7.02. The number of ether oxygens (including phenoxy) is 2. The number of carbonyl (C=O) groups is 1. The largest absolute Gasteiger partial charge is 0.497 e. The number of amides is 1. The Bertz CT molecular complexity index is 1030. The van der Waals surface area contributed by atoms with Crippen LogP contribution in [0.25, 0.3) is 0 Å². The molecule has 0 aromatic heterocycles. The van der Waals surface area contributed by atoms with Crippen LogP contribution in [0.3, 0.4) is 0 Å². The summed E-state index contributed by atoms with van der Waals surface area (Å²) < 4.78 is 10.8. The Morgan fingerprint density at radius 2 is 1.52 bits per heavy atom. The molecule has 1 amide bonds. The van der Waals surface area contributed by atoms with E-state index in [0.717, 1.165) is 11.3 Å². The predicted octanol–water partition coefficient (Wildman–Crippen LogP) is 3.22. The van der Waals surface area contributed by atoms with E-state index in [9.17, 15) is 4.79 Å². The number of nitrogens with two attached hydrogens (primary N) is 2. The standard InChI is InChI=1S/C24H26N4O3/c1-30-20-12-18(13-21(14-20)31-2)22(24(27)29)28(15-16-6-4-3-5-7-16)19-10-8-17(9-11-19)23(25)26/h3-14,22H,15H2,1-2H3,(H3,25,26)(H2,27,29). The van der Waals surface area contributed by atoms with Crippen LogP contribution in [0, 0.1) is 5.41 Å². The lowest BCUT2D eigenvalue weighted by Gasteiger charge is -2.32. The maximum absolute atomic E-state index is 12.7. The summed E-state index contributed by atoms with van der Waals surface area (Å²) in [5.41, 5.74) is 14.5. The first kappa shape index (κ1) is 21.7. The molecule has 0 saturated heterocycles. The lowest BCUT2D eigenvalue weighted by Crippen LogP contribution is -2.37. The van der Waals surface area contributed by atoms with Gasteiger partial charge in [0.15, 0.2) is 0 Å². The van der Waals surface area contributed by atoms with Gasteiger partial charge in [0, 0.05) is 23.9 Å². The Labute approximate surface area is 181 Å². The second kappa shape index (κ2) is 9.67. The van der Waals surface area contributed by atoms with Gasteiger partial charge in [-0.3, -0.25) is 10.2 Å². The number of amidine groups is 1. The molecule has 31 heavy (non-hydrogen) atoms. The van der Waals surface area contributed by atoms with E-state index in [1.54, 1.807) is 44.6 Å². The zero-order valence-electron chi connectivity index (χ0n) is 17.5. The summed E-state index contributed by atoms with van der Waals surface area (Å²) in [4.78, 5) is 14.6. The van der Waals surface area contributed by atoms with Crippen molar-refractivity contribution in [3.63, 3.8) is 0 Å². The fraction of sp³-hybridized carbons (Fsp3) is 0.167. The Kier molecular flexibility index (Phi) is 6.77. The first-order chi connectivity index (χ1) is 14.9. The van der Waals surface area contributed by atoms with Gasteiger partial charge in [0.2, 0.25) is 5.91 Å². The number of carbonyl (C=O) groups excluding carboxylic acids is 1. The van der Waals surface area contributed by atoms with E-state index in [0.29, 0.717) is 29.2 Å². The van der Waals surface area contributed by atoms with Crippen molar-refractivity contribution in [1.29, 1.82) is 5.41 Å². The van der Waals surface area contributed by atoms with Crippen molar-refractivity contribution in [2.45, 2.75) is 12.6 Å². The maximum atomic E-state index is 12.7. The third-order valence-corrected chi connectivity index (χ3v) is 4.98. The fourth-order valence-corrected chi connectivity index (χ4v) is 3.43. The molecular formula is C24H26N4O3. The van der Waals surface area contributed by atoms with Crippen LogP contribution >= 0.6 is 0 Å². The Balaban J connectivity index is 2.12. The number of hydrogen-bond donors (Lipinski definition) is 3. The third-order valence-electron chi connectivity index (χ3n) is 4.98. The summed E-state index contributed by atoms with van der Waals surface area (Å²) in [6.45, 7) is 0.438. The summed E-state index contributed by atoms with van der Waals surface area (Å²) in [6.07, 6.45) is 0. The SMILES string of the molecule is COc1cc(OC)cc(C(C(N)=O)N(Cc2ccccc2)c2ccc(C(=N)N)cc2)c1. The van der Waals surface area contributed by atoms with Crippen molar-refractivity contribution in [2.24, 2.45) is 11.5 Å². The molecule has 0 aliphatic rings. The number of nitrogens with zero attached hydrogens (tertiary/aromatic N) is 1. The summed E-state index contributed by atoms with van der Waals surface area (Å²) >= 11 is 0. The number of hydrogen-bond acceptors (Lipinski definition) is 5. The number of rotatable bonds is 9. The van der Waals surface area contributed by atoms with Crippen LogP contribution in [0.2, 0.25) is 0 Å². The molecule has 160 valence electrons. The molecule has 1 unspecified atom stereocenters. The summed E-state index contributed by atoms with van der Waals surface area (Å²) in [5, 5.41) is 7.63. The topological polar surface area (TPSA) is 115 Å². The van der Waals surface area contributed by atoms with Gasteiger partial charge in [0.25, 0.3) is 0 Å². The van der Waals surface area contributed by atoms with Gasteiger partial charge in [-0.2, -0.15) is 0 Å². The summed E-state index contributed by atoms with van der Waals surface area (Å²) in [6, 6.07) is 21.5. The zero-order valence-corrected chi connectivity index (χ0v) is 17.5. The maximum Gasteiger partial charge on any atom is 0.244 e. The van der Waals surface area contributed by atoms with Crippen molar-refractivity contribution < 1.29 is 14.3 Å². The lowest BCUT2D eigenvalue weighted by molar-refractivity contribution is -0.119. The number of primary amides is 1. The molecule has 1 atom stereocenters. The Morgan fingerprint density at radius 1 is 0.935 bits per heavy atom. The molecule has 7 heteroatoms. The smallest absolute Gasteiger partial charge is 0.244 e. The number of nitrogens with one attached hydrogen (secondary N) is 1. The molecule has 0 spiro atoms. The van der Waals surface area contributed by atoms with Crippen molar-refractivity contribution in [1.82, 2.24) is 0 Å². The minimum absolute atomic E-state index is 0.0230.